The van der Waals surface area contributed by atoms with Crippen LogP contribution in [0.15, 0.2) is 47.8 Å². The third-order valence-electron chi connectivity index (χ3n) is 2.58. The van der Waals surface area contributed by atoms with Crippen molar-refractivity contribution in [2.75, 3.05) is 5.32 Å². The van der Waals surface area contributed by atoms with Gasteiger partial charge in [0.25, 0.3) is 0 Å². The van der Waals surface area contributed by atoms with Crippen LogP contribution in [-0.2, 0) is 6.54 Å². The molecule has 1 aromatic heterocycles. The first-order chi connectivity index (χ1) is 9.22. The number of nitrogens with two attached hydrogens (primary N) is 1. The Labute approximate surface area is 109 Å². The summed E-state index contributed by atoms with van der Waals surface area (Å²) < 4.78 is 13.5. The summed E-state index contributed by atoms with van der Waals surface area (Å²) in [4.78, 5) is 4.03. The predicted molar refractivity (Wildman–Crippen MR) is 70.5 cm³/mol. The summed E-state index contributed by atoms with van der Waals surface area (Å²) in [6.45, 7) is 0.320. The number of anilines is 1. The highest BCUT2D eigenvalue weighted by Crippen LogP contribution is 2.14. The van der Waals surface area contributed by atoms with Gasteiger partial charge in [0.1, 0.15) is 11.5 Å². The number of rotatable bonds is 4. The molecule has 0 saturated heterocycles. The maximum atomic E-state index is 13.5. The molecule has 1 aromatic carbocycles. The normalized spacial score (nSPS) is 11.3. The van der Waals surface area contributed by atoms with Gasteiger partial charge in [-0.15, -0.1) is 0 Å². The molecular weight excluding hydrogens is 247 g/mol. The van der Waals surface area contributed by atoms with Crippen molar-refractivity contribution in [3.8, 4) is 0 Å². The number of hydrogen-bond acceptors (Lipinski definition) is 4. The highest BCUT2D eigenvalue weighted by molar-refractivity contribution is 5.96. The van der Waals surface area contributed by atoms with Crippen LogP contribution in [0.5, 0.6) is 0 Å². The second-order valence-corrected chi connectivity index (χ2v) is 3.83. The van der Waals surface area contributed by atoms with E-state index in [9.17, 15) is 4.39 Å². The minimum absolute atomic E-state index is 0.0778. The van der Waals surface area contributed by atoms with Crippen LogP contribution in [-0.4, -0.2) is 16.0 Å². The molecule has 1 heterocycles. The molecule has 0 bridgehead atoms. The fraction of sp³-hybridized carbons (Fsp3) is 0.0769. The highest BCUT2D eigenvalue weighted by atomic mass is 19.1. The lowest BCUT2D eigenvalue weighted by atomic mass is 10.1. The number of para-hydroxylation sites is 1. The average molecular weight is 260 g/mol. The number of aromatic nitrogens is 1. The number of benzene rings is 1. The van der Waals surface area contributed by atoms with E-state index in [-0.39, 0.29) is 11.7 Å². The molecule has 0 unspecified atom stereocenters. The molecule has 0 aliphatic heterocycles. The first kappa shape index (κ1) is 12.8. The second-order valence-electron chi connectivity index (χ2n) is 3.83. The van der Waals surface area contributed by atoms with Gasteiger partial charge in [-0.2, -0.15) is 0 Å². The zero-order chi connectivity index (χ0) is 13.7. The molecule has 4 N–H and O–H groups in total. The number of halogens is 1. The minimum atomic E-state index is -0.336. The topological polar surface area (TPSA) is 83.5 Å². The lowest BCUT2D eigenvalue weighted by molar-refractivity contribution is 0.318. The number of nitrogens with one attached hydrogen (secondary N) is 1. The zero-order valence-corrected chi connectivity index (χ0v) is 10.0. The van der Waals surface area contributed by atoms with E-state index in [2.05, 4.69) is 15.5 Å². The Kier molecular flexibility index (Phi) is 3.92. The Morgan fingerprint density at radius 1 is 1.32 bits per heavy atom. The lowest BCUT2D eigenvalue weighted by Gasteiger charge is -2.10. The molecule has 0 aliphatic rings. The SMILES string of the molecule is NC(=NO)c1ncccc1CNc1ccccc1F. The molecule has 6 heteroatoms. The fourth-order valence-corrected chi connectivity index (χ4v) is 1.65. The summed E-state index contributed by atoms with van der Waals surface area (Å²) in [5.74, 6) is -0.414. The van der Waals surface area contributed by atoms with Crippen molar-refractivity contribution in [3.05, 3.63) is 59.7 Å². The molecule has 19 heavy (non-hydrogen) atoms. The van der Waals surface area contributed by atoms with Crippen molar-refractivity contribution in [2.24, 2.45) is 10.9 Å². The van der Waals surface area contributed by atoms with E-state index < -0.39 is 0 Å². The van der Waals surface area contributed by atoms with Crippen LogP contribution in [0.1, 0.15) is 11.3 Å². The number of hydrogen-bond donors (Lipinski definition) is 3. The molecule has 5 nitrogen and oxygen atoms in total. The van der Waals surface area contributed by atoms with Gasteiger partial charge in [-0.25, -0.2) is 4.39 Å². The molecule has 0 radical (unpaired) electrons. The van der Waals surface area contributed by atoms with Gasteiger partial charge in [0, 0.05) is 18.3 Å². The third-order valence-corrected chi connectivity index (χ3v) is 2.58. The van der Waals surface area contributed by atoms with Crippen LogP contribution in [0, 0.1) is 5.82 Å². The summed E-state index contributed by atoms with van der Waals surface area (Å²) in [5.41, 5.74) is 6.99. The van der Waals surface area contributed by atoms with E-state index in [0.29, 0.717) is 23.5 Å². The second kappa shape index (κ2) is 5.81. The van der Waals surface area contributed by atoms with Crippen molar-refractivity contribution in [2.45, 2.75) is 6.54 Å². The molecule has 0 atom stereocenters. The van der Waals surface area contributed by atoms with E-state index in [0.717, 1.165) is 0 Å². The molecule has 2 rings (SSSR count). The van der Waals surface area contributed by atoms with Gasteiger partial charge in [0.2, 0.25) is 0 Å². The van der Waals surface area contributed by atoms with Gasteiger partial charge in [-0.05, 0) is 18.2 Å². The van der Waals surface area contributed by atoms with E-state index in [4.69, 9.17) is 10.9 Å². The van der Waals surface area contributed by atoms with Gasteiger partial charge in [0.05, 0.1) is 5.69 Å². The first-order valence-electron chi connectivity index (χ1n) is 5.62. The molecule has 98 valence electrons. The van der Waals surface area contributed by atoms with Gasteiger partial charge in [-0.3, -0.25) is 4.98 Å². The fourth-order valence-electron chi connectivity index (χ4n) is 1.65. The van der Waals surface area contributed by atoms with Crippen LogP contribution >= 0.6 is 0 Å². The van der Waals surface area contributed by atoms with Crippen LogP contribution < -0.4 is 11.1 Å². The summed E-state index contributed by atoms with van der Waals surface area (Å²) in [5, 5.41) is 14.5. The Morgan fingerprint density at radius 3 is 2.84 bits per heavy atom. The lowest BCUT2D eigenvalue weighted by Crippen LogP contribution is -2.18. The van der Waals surface area contributed by atoms with Gasteiger partial charge < -0.3 is 16.3 Å². The number of amidine groups is 1. The van der Waals surface area contributed by atoms with Crippen LogP contribution in [0.3, 0.4) is 0 Å². The van der Waals surface area contributed by atoms with Gasteiger partial charge >= 0.3 is 0 Å². The summed E-state index contributed by atoms with van der Waals surface area (Å²) >= 11 is 0. The first-order valence-corrected chi connectivity index (χ1v) is 5.62. The van der Waals surface area contributed by atoms with E-state index >= 15 is 0 Å². The number of pyridine rings is 1. The van der Waals surface area contributed by atoms with Crippen molar-refractivity contribution in [1.82, 2.24) is 4.98 Å². The highest BCUT2D eigenvalue weighted by Gasteiger charge is 2.08. The zero-order valence-electron chi connectivity index (χ0n) is 10.0. The Bertz CT molecular complexity index is 601. The van der Waals surface area contributed by atoms with E-state index in [1.807, 2.05) is 0 Å². The van der Waals surface area contributed by atoms with Crippen LogP contribution in [0.4, 0.5) is 10.1 Å². The Morgan fingerprint density at radius 2 is 2.11 bits per heavy atom. The molecule has 0 spiro atoms. The summed E-state index contributed by atoms with van der Waals surface area (Å²) in [6.07, 6.45) is 1.54. The summed E-state index contributed by atoms with van der Waals surface area (Å²) in [7, 11) is 0. The van der Waals surface area contributed by atoms with Crippen LogP contribution in [0.2, 0.25) is 0 Å². The average Bonchev–Trinajstić information content (AvgIpc) is 2.46. The summed E-state index contributed by atoms with van der Waals surface area (Å²) in [6, 6.07) is 9.86. The quantitative estimate of drug-likeness (QED) is 0.339. The van der Waals surface area contributed by atoms with Crippen molar-refractivity contribution in [1.29, 1.82) is 0 Å². The van der Waals surface area contributed by atoms with Crippen molar-refractivity contribution < 1.29 is 9.60 Å². The third kappa shape index (κ3) is 2.98. The molecule has 0 aliphatic carbocycles. The van der Waals surface area contributed by atoms with Crippen molar-refractivity contribution >= 4 is 11.5 Å². The predicted octanol–water partition coefficient (Wildman–Crippen LogP) is 1.93. The largest absolute Gasteiger partial charge is 0.409 e. The van der Waals surface area contributed by atoms with Gasteiger partial charge in [-0.1, -0.05) is 23.4 Å². The number of nitrogens with zero attached hydrogens (tertiary/aromatic N) is 2. The van der Waals surface area contributed by atoms with E-state index in [1.54, 1.807) is 36.5 Å². The monoisotopic (exact) mass is 260 g/mol. The molecule has 0 amide bonds. The standard InChI is InChI=1S/C13H13FN4O/c14-10-5-1-2-6-11(10)17-8-9-4-3-7-16-12(9)13(15)18-19/h1-7,17,19H,8H2,(H2,15,18). The number of oxime groups is 1. The molecule has 0 fully saturated rings. The molecule has 0 saturated carbocycles. The maximum Gasteiger partial charge on any atom is 0.189 e. The molecular formula is C13H13FN4O. The smallest absolute Gasteiger partial charge is 0.189 e. The Balaban J connectivity index is 2.19. The van der Waals surface area contributed by atoms with Crippen molar-refractivity contribution in [3.63, 3.8) is 0 Å². The van der Waals surface area contributed by atoms with Crippen LogP contribution in [0.25, 0.3) is 0 Å². The minimum Gasteiger partial charge on any atom is -0.409 e. The molecule has 2 aromatic rings. The maximum absolute atomic E-state index is 13.5. The van der Waals surface area contributed by atoms with Gasteiger partial charge in [0.15, 0.2) is 5.84 Å². The van der Waals surface area contributed by atoms with E-state index in [1.165, 1.54) is 6.07 Å². The Hall–Kier alpha value is -2.63.